The average Bonchev–Trinajstić information content (AvgIpc) is 2.41. The molecule has 24 heavy (non-hydrogen) atoms. The Kier molecular flexibility index (Phi) is 8.04. The van der Waals surface area contributed by atoms with Crippen LogP contribution in [0.2, 0.25) is 0 Å². The molecule has 130 valence electrons. The molecule has 0 amide bonds. The Morgan fingerprint density at radius 2 is 1.83 bits per heavy atom. The SMILES string of the molecule is Cc1c(C[B-](F)(F)F)cc(N2CCNCC2)cc1OS(=O)(=O)F.[K+]. The smallest absolute Gasteiger partial charge is 0.449 e. The standard InChI is InChI=1S/C12H16BF4N2O3S.K/c1-9-10(8-13(14,15)16)6-11(19-4-2-18-3-5-19)7-12(9)22-23(17,20)21;/h6-7,18H,2-5,8H2,1H3;/q-1;+1. The molecule has 1 aliphatic rings. The monoisotopic (exact) mass is 394 g/mol. The van der Waals surface area contributed by atoms with Crippen molar-refractivity contribution in [1.82, 2.24) is 5.32 Å². The van der Waals surface area contributed by atoms with Gasteiger partial charge in [0.05, 0.1) is 0 Å². The molecular formula is C12H16BF4KN2O3S. The molecular weight excluding hydrogens is 378 g/mol. The van der Waals surface area contributed by atoms with Crippen LogP contribution >= 0.6 is 0 Å². The first-order valence-corrected chi connectivity index (χ1v) is 8.30. The van der Waals surface area contributed by atoms with Crippen molar-refractivity contribution in [1.29, 1.82) is 0 Å². The van der Waals surface area contributed by atoms with E-state index in [9.17, 15) is 25.3 Å². The van der Waals surface area contributed by atoms with Gasteiger partial charge in [0, 0.05) is 37.9 Å². The number of rotatable bonds is 5. The van der Waals surface area contributed by atoms with Crippen molar-refractivity contribution in [3.05, 3.63) is 23.3 Å². The van der Waals surface area contributed by atoms with Crippen LogP contribution in [0.15, 0.2) is 12.1 Å². The zero-order valence-electron chi connectivity index (χ0n) is 13.4. The number of piperazine rings is 1. The Morgan fingerprint density at radius 1 is 1.25 bits per heavy atom. The number of hydrogen-bond donors (Lipinski definition) is 1. The van der Waals surface area contributed by atoms with Crippen LogP contribution in [-0.2, 0) is 16.8 Å². The normalized spacial score (nSPS) is 15.8. The molecule has 0 saturated carbocycles. The van der Waals surface area contributed by atoms with Crippen LogP contribution in [0.4, 0.5) is 22.5 Å². The summed E-state index contributed by atoms with van der Waals surface area (Å²) >= 11 is 0. The third-order valence-corrected chi connectivity index (χ3v) is 3.95. The van der Waals surface area contributed by atoms with Crippen LogP contribution in [-0.4, -0.2) is 41.6 Å². The van der Waals surface area contributed by atoms with E-state index in [0.717, 1.165) is 0 Å². The second kappa shape index (κ2) is 8.69. The van der Waals surface area contributed by atoms with E-state index in [-0.39, 0.29) is 62.5 Å². The van der Waals surface area contributed by atoms with Crippen LogP contribution in [0, 0.1) is 6.92 Å². The summed E-state index contributed by atoms with van der Waals surface area (Å²) in [5.74, 6) is -0.418. The van der Waals surface area contributed by atoms with Crippen molar-refractivity contribution in [2.24, 2.45) is 0 Å². The molecule has 1 aromatic carbocycles. The number of nitrogens with zero attached hydrogens (tertiary/aromatic N) is 1. The van der Waals surface area contributed by atoms with Gasteiger partial charge < -0.3 is 27.3 Å². The molecule has 0 aromatic heterocycles. The minimum Gasteiger partial charge on any atom is -0.449 e. The topological polar surface area (TPSA) is 58.6 Å². The molecule has 0 bridgehead atoms. The van der Waals surface area contributed by atoms with Gasteiger partial charge in [0.15, 0.2) is 0 Å². The van der Waals surface area contributed by atoms with Gasteiger partial charge >= 0.3 is 68.9 Å². The molecule has 0 aliphatic carbocycles. The van der Waals surface area contributed by atoms with Gasteiger partial charge in [-0.05, 0) is 18.6 Å². The number of hydrogen-bond acceptors (Lipinski definition) is 5. The average molecular weight is 394 g/mol. The van der Waals surface area contributed by atoms with E-state index in [0.29, 0.717) is 31.9 Å². The summed E-state index contributed by atoms with van der Waals surface area (Å²) in [6.45, 7) is -1.47. The minimum atomic E-state index is -5.31. The van der Waals surface area contributed by atoms with Crippen molar-refractivity contribution >= 4 is 23.2 Å². The quantitative estimate of drug-likeness (QED) is 0.392. The Bertz CT molecular complexity index is 682. The molecule has 1 saturated heterocycles. The summed E-state index contributed by atoms with van der Waals surface area (Å²) in [7, 11) is -5.31. The van der Waals surface area contributed by atoms with Gasteiger partial charge in [-0.2, -0.15) is 8.42 Å². The van der Waals surface area contributed by atoms with Gasteiger partial charge in [0.25, 0.3) is 0 Å². The van der Waals surface area contributed by atoms with Crippen LogP contribution in [0.3, 0.4) is 0 Å². The predicted molar refractivity (Wildman–Crippen MR) is 79.7 cm³/mol. The molecule has 5 nitrogen and oxygen atoms in total. The molecule has 1 heterocycles. The summed E-state index contributed by atoms with van der Waals surface area (Å²) < 4.78 is 76.8. The summed E-state index contributed by atoms with van der Waals surface area (Å²) in [4.78, 5) is 1.79. The summed E-state index contributed by atoms with van der Waals surface area (Å²) in [6, 6.07) is 2.61. The van der Waals surface area contributed by atoms with Gasteiger partial charge in [-0.1, -0.05) is 15.8 Å². The first-order valence-electron chi connectivity index (χ1n) is 6.99. The van der Waals surface area contributed by atoms with E-state index < -0.39 is 29.6 Å². The fraction of sp³-hybridized carbons (Fsp3) is 0.500. The Labute approximate surface area is 181 Å². The number of nitrogens with one attached hydrogen (secondary N) is 1. The van der Waals surface area contributed by atoms with Crippen molar-refractivity contribution in [3.8, 4) is 5.75 Å². The molecule has 1 N–H and O–H groups in total. The Morgan fingerprint density at radius 3 is 2.33 bits per heavy atom. The molecule has 1 aliphatic heterocycles. The van der Waals surface area contributed by atoms with Crippen molar-refractivity contribution < 1.29 is 80.8 Å². The van der Waals surface area contributed by atoms with Crippen LogP contribution in [0.5, 0.6) is 5.75 Å². The fourth-order valence-electron chi connectivity index (χ4n) is 2.49. The Hall–Kier alpha value is 0.151. The molecule has 1 aromatic rings. The van der Waals surface area contributed by atoms with Gasteiger partial charge in [0.2, 0.25) is 0 Å². The maximum atomic E-state index is 12.8. The van der Waals surface area contributed by atoms with Crippen molar-refractivity contribution in [2.75, 3.05) is 31.1 Å². The van der Waals surface area contributed by atoms with Crippen molar-refractivity contribution in [2.45, 2.75) is 13.2 Å². The zero-order chi connectivity index (χ0) is 17.3. The predicted octanol–water partition coefficient (Wildman–Crippen LogP) is -1.07. The number of halogens is 4. The van der Waals surface area contributed by atoms with Crippen LogP contribution < -0.4 is 65.8 Å². The van der Waals surface area contributed by atoms with E-state index in [4.69, 9.17) is 0 Å². The van der Waals surface area contributed by atoms with Gasteiger partial charge in [-0.3, -0.25) is 0 Å². The summed E-state index contributed by atoms with van der Waals surface area (Å²) in [5, 5.41) is 3.10. The molecule has 0 spiro atoms. The van der Waals surface area contributed by atoms with E-state index in [2.05, 4.69) is 9.50 Å². The molecule has 0 radical (unpaired) electrons. The van der Waals surface area contributed by atoms with Gasteiger partial charge in [-0.15, -0.1) is 0 Å². The fourth-order valence-corrected chi connectivity index (χ4v) is 2.88. The Balaban J connectivity index is 0.00000288. The molecule has 0 atom stereocenters. The maximum absolute atomic E-state index is 12.8. The zero-order valence-corrected chi connectivity index (χ0v) is 17.3. The van der Waals surface area contributed by atoms with E-state index in [1.807, 2.05) is 0 Å². The molecule has 1 fully saturated rings. The third kappa shape index (κ3) is 6.81. The van der Waals surface area contributed by atoms with Crippen molar-refractivity contribution in [3.63, 3.8) is 0 Å². The summed E-state index contributed by atoms with van der Waals surface area (Å²) in [5.41, 5.74) is 0.224. The molecule has 12 heteroatoms. The van der Waals surface area contributed by atoms with E-state index in [1.165, 1.54) is 19.1 Å². The first kappa shape index (κ1) is 22.2. The van der Waals surface area contributed by atoms with Crippen LogP contribution in [0.25, 0.3) is 0 Å². The largest absolute Gasteiger partial charge is 1.00 e. The molecule has 2 rings (SSSR count). The maximum Gasteiger partial charge on any atom is 1.00 e. The molecule has 0 unspecified atom stereocenters. The second-order valence-electron chi connectivity index (χ2n) is 5.36. The third-order valence-electron chi connectivity index (χ3n) is 3.58. The first-order chi connectivity index (χ1) is 10.6. The summed E-state index contributed by atoms with van der Waals surface area (Å²) in [6.07, 6.45) is -1.19. The van der Waals surface area contributed by atoms with Crippen LogP contribution in [0.1, 0.15) is 11.1 Å². The van der Waals surface area contributed by atoms with Gasteiger partial charge in [-0.25, -0.2) is 0 Å². The second-order valence-corrected chi connectivity index (χ2v) is 6.31. The van der Waals surface area contributed by atoms with E-state index >= 15 is 0 Å². The minimum absolute atomic E-state index is 0. The number of anilines is 1. The van der Waals surface area contributed by atoms with E-state index in [1.54, 1.807) is 4.90 Å². The number of benzene rings is 1. The van der Waals surface area contributed by atoms with Gasteiger partial charge in [0.1, 0.15) is 5.75 Å².